The molecule has 0 amide bonds. The minimum atomic E-state index is 0.0242. The average Bonchev–Trinajstić information content (AvgIpc) is 2.51. The molecule has 0 radical (unpaired) electrons. The van der Waals surface area contributed by atoms with Gasteiger partial charge in [0, 0.05) is 25.6 Å². The molecular weight excluding hydrogens is 202 g/mol. The first kappa shape index (κ1) is 11.6. The summed E-state index contributed by atoms with van der Waals surface area (Å²) in [7, 11) is 2.07. The van der Waals surface area contributed by atoms with Crippen LogP contribution < -0.4 is 0 Å². The van der Waals surface area contributed by atoms with E-state index in [1.165, 1.54) is 0 Å². The molecule has 1 saturated heterocycles. The third kappa shape index (κ3) is 2.61. The Morgan fingerprint density at radius 2 is 2.12 bits per heavy atom. The number of likely N-dealkylation sites (N-methyl/N-ethyl adjacent to an activating group) is 1. The molecule has 3 nitrogen and oxygen atoms in total. The van der Waals surface area contributed by atoms with Gasteiger partial charge < -0.3 is 14.7 Å². The summed E-state index contributed by atoms with van der Waals surface area (Å²) in [4.78, 5) is 2.21. The highest BCUT2D eigenvalue weighted by Gasteiger charge is 2.27. The Morgan fingerprint density at radius 3 is 2.81 bits per heavy atom. The maximum atomic E-state index is 9.46. The van der Waals surface area contributed by atoms with Crippen molar-refractivity contribution in [1.82, 2.24) is 4.90 Å². The molecule has 0 bridgehead atoms. The number of hydrogen-bond acceptors (Lipinski definition) is 3. The number of aliphatic hydroxyl groups is 1. The molecule has 0 aliphatic carbocycles. The molecule has 0 saturated carbocycles. The second-order valence-electron chi connectivity index (χ2n) is 4.41. The molecule has 16 heavy (non-hydrogen) atoms. The smallest absolute Gasteiger partial charge is 0.0887 e. The molecule has 1 aromatic carbocycles. The highest BCUT2D eigenvalue weighted by molar-refractivity contribution is 5.18. The molecule has 1 aromatic rings. The number of ether oxygens (including phenoxy) is 1. The predicted molar refractivity (Wildman–Crippen MR) is 63.2 cm³/mol. The maximum absolute atomic E-state index is 9.46. The van der Waals surface area contributed by atoms with Crippen molar-refractivity contribution in [3.63, 3.8) is 0 Å². The maximum Gasteiger partial charge on any atom is 0.0887 e. The molecule has 2 atom stereocenters. The number of benzene rings is 1. The van der Waals surface area contributed by atoms with Crippen LogP contribution in [0.4, 0.5) is 0 Å². The highest BCUT2D eigenvalue weighted by atomic mass is 16.5. The van der Waals surface area contributed by atoms with Crippen molar-refractivity contribution in [2.24, 2.45) is 5.92 Å². The summed E-state index contributed by atoms with van der Waals surface area (Å²) in [5.74, 6) is 0.162. The molecule has 0 unspecified atom stereocenters. The van der Waals surface area contributed by atoms with E-state index in [0.717, 1.165) is 25.3 Å². The first-order chi connectivity index (χ1) is 7.81. The zero-order chi connectivity index (χ0) is 11.4. The van der Waals surface area contributed by atoms with Crippen LogP contribution in [0.3, 0.4) is 0 Å². The van der Waals surface area contributed by atoms with E-state index in [4.69, 9.17) is 4.74 Å². The van der Waals surface area contributed by atoms with E-state index >= 15 is 0 Å². The van der Waals surface area contributed by atoms with Gasteiger partial charge in [0.05, 0.1) is 12.7 Å². The zero-order valence-corrected chi connectivity index (χ0v) is 9.67. The SMILES string of the molecule is CN1CCO[C@H](c2ccccc2)[C@@H](CO)C1. The molecule has 0 spiro atoms. The molecule has 88 valence electrons. The van der Waals surface area contributed by atoms with Gasteiger partial charge in [-0.15, -0.1) is 0 Å². The van der Waals surface area contributed by atoms with Gasteiger partial charge in [0.15, 0.2) is 0 Å². The Hall–Kier alpha value is -0.900. The van der Waals surface area contributed by atoms with Crippen LogP contribution in [0.5, 0.6) is 0 Å². The second-order valence-corrected chi connectivity index (χ2v) is 4.41. The number of rotatable bonds is 2. The summed E-state index contributed by atoms with van der Waals surface area (Å²) in [6.07, 6.45) is 0.0242. The second kappa shape index (κ2) is 5.43. The lowest BCUT2D eigenvalue weighted by Gasteiger charge is -2.24. The van der Waals surface area contributed by atoms with Gasteiger partial charge in [-0.25, -0.2) is 0 Å². The monoisotopic (exact) mass is 221 g/mol. The largest absolute Gasteiger partial charge is 0.396 e. The average molecular weight is 221 g/mol. The van der Waals surface area contributed by atoms with Gasteiger partial charge in [-0.05, 0) is 12.6 Å². The Kier molecular flexibility index (Phi) is 3.93. The van der Waals surface area contributed by atoms with Gasteiger partial charge in [0.2, 0.25) is 0 Å². The quantitative estimate of drug-likeness (QED) is 0.817. The topological polar surface area (TPSA) is 32.7 Å². The van der Waals surface area contributed by atoms with Crippen molar-refractivity contribution in [3.05, 3.63) is 35.9 Å². The van der Waals surface area contributed by atoms with Crippen molar-refractivity contribution in [3.8, 4) is 0 Å². The highest BCUT2D eigenvalue weighted by Crippen LogP contribution is 2.28. The minimum absolute atomic E-state index is 0.0242. The fourth-order valence-electron chi connectivity index (χ4n) is 2.22. The lowest BCUT2D eigenvalue weighted by Crippen LogP contribution is -2.29. The van der Waals surface area contributed by atoms with Gasteiger partial charge in [0.25, 0.3) is 0 Å². The summed E-state index contributed by atoms with van der Waals surface area (Å²) in [6.45, 7) is 2.71. The van der Waals surface area contributed by atoms with Crippen LogP contribution >= 0.6 is 0 Å². The van der Waals surface area contributed by atoms with Gasteiger partial charge in [-0.2, -0.15) is 0 Å². The molecular formula is C13H19NO2. The van der Waals surface area contributed by atoms with E-state index in [1.807, 2.05) is 18.2 Å². The number of hydrogen-bond donors (Lipinski definition) is 1. The number of aliphatic hydroxyl groups excluding tert-OH is 1. The fourth-order valence-corrected chi connectivity index (χ4v) is 2.22. The van der Waals surface area contributed by atoms with Crippen LogP contribution in [-0.2, 0) is 4.74 Å². The first-order valence-electron chi connectivity index (χ1n) is 5.77. The summed E-state index contributed by atoms with van der Waals surface area (Å²) in [5, 5.41) is 9.46. The summed E-state index contributed by atoms with van der Waals surface area (Å²) in [6, 6.07) is 10.2. The van der Waals surface area contributed by atoms with Gasteiger partial charge in [-0.3, -0.25) is 0 Å². The molecule has 2 rings (SSSR count). The van der Waals surface area contributed by atoms with E-state index in [0.29, 0.717) is 0 Å². The fraction of sp³-hybridized carbons (Fsp3) is 0.538. The van der Waals surface area contributed by atoms with Crippen LogP contribution in [0.25, 0.3) is 0 Å². The third-order valence-electron chi connectivity index (χ3n) is 3.11. The van der Waals surface area contributed by atoms with E-state index < -0.39 is 0 Å². The van der Waals surface area contributed by atoms with Crippen LogP contribution in [0.2, 0.25) is 0 Å². The first-order valence-corrected chi connectivity index (χ1v) is 5.77. The Labute approximate surface area is 96.6 Å². The standard InChI is InChI=1S/C13H19NO2/c1-14-7-8-16-13(12(9-14)10-15)11-5-3-2-4-6-11/h2-6,12-13,15H,7-10H2,1H3/t12-,13-/m1/s1. The predicted octanol–water partition coefficient (Wildman–Crippen LogP) is 1.30. The lowest BCUT2D eigenvalue weighted by atomic mass is 9.96. The molecule has 0 aromatic heterocycles. The molecule has 1 aliphatic rings. The van der Waals surface area contributed by atoms with E-state index in [2.05, 4.69) is 24.1 Å². The van der Waals surface area contributed by atoms with Crippen molar-refractivity contribution >= 4 is 0 Å². The summed E-state index contributed by atoms with van der Waals surface area (Å²) >= 11 is 0. The molecule has 1 heterocycles. The molecule has 1 N–H and O–H groups in total. The van der Waals surface area contributed by atoms with Crippen LogP contribution in [0, 0.1) is 5.92 Å². The van der Waals surface area contributed by atoms with Crippen molar-refractivity contribution in [2.75, 3.05) is 33.4 Å². The van der Waals surface area contributed by atoms with E-state index in [1.54, 1.807) is 0 Å². The van der Waals surface area contributed by atoms with Gasteiger partial charge in [-0.1, -0.05) is 30.3 Å². The molecule has 1 fully saturated rings. The molecule has 1 aliphatic heterocycles. The van der Waals surface area contributed by atoms with Crippen molar-refractivity contribution in [1.29, 1.82) is 0 Å². The van der Waals surface area contributed by atoms with Crippen LogP contribution in [-0.4, -0.2) is 43.4 Å². The van der Waals surface area contributed by atoms with Crippen molar-refractivity contribution in [2.45, 2.75) is 6.10 Å². The Bertz CT molecular complexity index is 315. The van der Waals surface area contributed by atoms with E-state index in [-0.39, 0.29) is 18.6 Å². The zero-order valence-electron chi connectivity index (χ0n) is 9.67. The van der Waals surface area contributed by atoms with Gasteiger partial charge >= 0.3 is 0 Å². The number of nitrogens with zero attached hydrogens (tertiary/aromatic N) is 1. The van der Waals surface area contributed by atoms with E-state index in [9.17, 15) is 5.11 Å². The molecule has 3 heteroatoms. The lowest BCUT2D eigenvalue weighted by molar-refractivity contribution is 0.0114. The Morgan fingerprint density at radius 1 is 1.38 bits per heavy atom. The Balaban J connectivity index is 2.17. The third-order valence-corrected chi connectivity index (χ3v) is 3.11. The van der Waals surface area contributed by atoms with Gasteiger partial charge in [0.1, 0.15) is 0 Å². The van der Waals surface area contributed by atoms with Crippen LogP contribution in [0.15, 0.2) is 30.3 Å². The summed E-state index contributed by atoms with van der Waals surface area (Å²) in [5.41, 5.74) is 1.16. The van der Waals surface area contributed by atoms with Crippen LogP contribution in [0.1, 0.15) is 11.7 Å². The summed E-state index contributed by atoms with van der Waals surface area (Å²) < 4.78 is 5.86. The normalized spacial score (nSPS) is 27.6. The van der Waals surface area contributed by atoms with Crippen molar-refractivity contribution < 1.29 is 9.84 Å². The minimum Gasteiger partial charge on any atom is -0.396 e.